The molecule has 0 aliphatic carbocycles. The van der Waals surface area contributed by atoms with Crippen molar-refractivity contribution in [1.29, 1.82) is 0 Å². The first-order valence-electron chi connectivity index (χ1n) is 11.0. The molecule has 4 rings (SSSR count). The third kappa shape index (κ3) is 4.63. The summed E-state index contributed by atoms with van der Waals surface area (Å²) in [6, 6.07) is 24.9. The standard InChI is InChI=1S/C27H30N2O3/c1-20-9-11-22(12-10-20)26(21-7-5-4-6-8-21)28-15-17-29(18-16-28)27(30)24-14-13-23(31-2)19-25(24)32-3/h4-14,19,26H,15-18H2,1-3H3/t26-/m1/s1. The summed E-state index contributed by atoms with van der Waals surface area (Å²) < 4.78 is 10.7. The lowest BCUT2D eigenvalue weighted by Crippen LogP contribution is -2.49. The van der Waals surface area contributed by atoms with Gasteiger partial charge in [-0.15, -0.1) is 0 Å². The first-order valence-corrected chi connectivity index (χ1v) is 11.0. The highest BCUT2D eigenvalue weighted by atomic mass is 16.5. The molecule has 1 saturated heterocycles. The van der Waals surface area contributed by atoms with E-state index in [2.05, 4.69) is 66.4 Å². The van der Waals surface area contributed by atoms with Crippen LogP contribution in [0.15, 0.2) is 72.8 Å². The summed E-state index contributed by atoms with van der Waals surface area (Å²) in [7, 11) is 3.18. The molecule has 32 heavy (non-hydrogen) atoms. The van der Waals surface area contributed by atoms with Crippen LogP contribution < -0.4 is 9.47 Å². The summed E-state index contributed by atoms with van der Waals surface area (Å²) in [5.74, 6) is 1.21. The second-order valence-corrected chi connectivity index (χ2v) is 8.12. The molecular formula is C27H30N2O3. The number of methoxy groups -OCH3 is 2. The van der Waals surface area contributed by atoms with Crippen molar-refractivity contribution in [2.75, 3.05) is 40.4 Å². The number of aryl methyl sites for hydroxylation is 1. The Balaban J connectivity index is 1.52. The molecule has 1 heterocycles. The van der Waals surface area contributed by atoms with Gasteiger partial charge in [0.05, 0.1) is 25.8 Å². The van der Waals surface area contributed by atoms with Crippen LogP contribution in [-0.4, -0.2) is 56.1 Å². The lowest BCUT2D eigenvalue weighted by Gasteiger charge is -2.40. The average molecular weight is 431 g/mol. The number of piperazine rings is 1. The van der Waals surface area contributed by atoms with Crippen molar-refractivity contribution in [3.63, 3.8) is 0 Å². The molecule has 1 aliphatic heterocycles. The van der Waals surface area contributed by atoms with Crippen LogP contribution in [0.3, 0.4) is 0 Å². The third-order valence-electron chi connectivity index (χ3n) is 6.11. The van der Waals surface area contributed by atoms with Gasteiger partial charge < -0.3 is 14.4 Å². The minimum Gasteiger partial charge on any atom is -0.497 e. The molecule has 0 unspecified atom stereocenters. The number of benzene rings is 3. The van der Waals surface area contributed by atoms with Gasteiger partial charge >= 0.3 is 0 Å². The molecule has 1 amide bonds. The van der Waals surface area contributed by atoms with Gasteiger partial charge in [-0.05, 0) is 30.2 Å². The normalized spacial score (nSPS) is 15.3. The minimum absolute atomic E-state index is 0.00394. The number of hydrogen-bond donors (Lipinski definition) is 0. The van der Waals surface area contributed by atoms with Crippen molar-refractivity contribution in [2.45, 2.75) is 13.0 Å². The fourth-order valence-corrected chi connectivity index (χ4v) is 4.33. The van der Waals surface area contributed by atoms with Crippen LogP contribution in [0.4, 0.5) is 0 Å². The van der Waals surface area contributed by atoms with E-state index in [4.69, 9.17) is 9.47 Å². The van der Waals surface area contributed by atoms with E-state index in [1.54, 1.807) is 32.4 Å². The smallest absolute Gasteiger partial charge is 0.257 e. The van der Waals surface area contributed by atoms with Gasteiger partial charge in [0.25, 0.3) is 5.91 Å². The van der Waals surface area contributed by atoms with Gasteiger partial charge in [-0.1, -0.05) is 60.2 Å². The van der Waals surface area contributed by atoms with Crippen LogP contribution in [0, 0.1) is 6.92 Å². The maximum absolute atomic E-state index is 13.2. The number of ether oxygens (including phenoxy) is 2. The van der Waals surface area contributed by atoms with Crippen LogP contribution in [0.2, 0.25) is 0 Å². The Labute approximate surface area is 190 Å². The molecule has 0 spiro atoms. The van der Waals surface area contributed by atoms with Gasteiger partial charge in [0, 0.05) is 32.2 Å². The van der Waals surface area contributed by atoms with E-state index in [1.165, 1.54) is 16.7 Å². The molecule has 1 atom stereocenters. The maximum atomic E-state index is 13.2. The second-order valence-electron chi connectivity index (χ2n) is 8.12. The number of carbonyl (C=O) groups is 1. The molecule has 3 aromatic rings. The number of rotatable bonds is 6. The van der Waals surface area contributed by atoms with Gasteiger partial charge in [-0.25, -0.2) is 0 Å². The molecule has 0 aromatic heterocycles. The summed E-state index contributed by atoms with van der Waals surface area (Å²) in [6.45, 7) is 5.06. The summed E-state index contributed by atoms with van der Waals surface area (Å²) in [5, 5.41) is 0. The Morgan fingerprint density at radius 3 is 2.09 bits per heavy atom. The lowest BCUT2D eigenvalue weighted by atomic mass is 9.95. The molecule has 0 N–H and O–H groups in total. The van der Waals surface area contributed by atoms with Crippen LogP contribution in [0.25, 0.3) is 0 Å². The third-order valence-corrected chi connectivity index (χ3v) is 6.11. The number of carbonyl (C=O) groups excluding carboxylic acids is 1. The quantitative estimate of drug-likeness (QED) is 0.575. The minimum atomic E-state index is -0.00394. The predicted molar refractivity (Wildman–Crippen MR) is 126 cm³/mol. The van der Waals surface area contributed by atoms with Crippen molar-refractivity contribution in [1.82, 2.24) is 9.80 Å². The van der Waals surface area contributed by atoms with Crippen molar-refractivity contribution in [2.24, 2.45) is 0 Å². The SMILES string of the molecule is COc1ccc(C(=O)N2CCN([C@H](c3ccccc3)c3ccc(C)cc3)CC2)c(OC)c1. The zero-order valence-corrected chi connectivity index (χ0v) is 19.0. The number of hydrogen-bond acceptors (Lipinski definition) is 4. The number of nitrogens with zero attached hydrogens (tertiary/aromatic N) is 2. The highest BCUT2D eigenvalue weighted by molar-refractivity contribution is 5.97. The Hall–Kier alpha value is -3.31. The van der Waals surface area contributed by atoms with E-state index in [1.807, 2.05) is 4.90 Å². The van der Waals surface area contributed by atoms with E-state index < -0.39 is 0 Å². The van der Waals surface area contributed by atoms with Crippen LogP contribution >= 0.6 is 0 Å². The monoisotopic (exact) mass is 430 g/mol. The van der Waals surface area contributed by atoms with Crippen LogP contribution in [0.5, 0.6) is 11.5 Å². The van der Waals surface area contributed by atoms with E-state index >= 15 is 0 Å². The highest BCUT2D eigenvalue weighted by Gasteiger charge is 2.29. The summed E-state index contributed by atoms with van der Waals surface area (Å²) in [4.78, 5) is 17.6. The molecule has 1 aliphatic rings. The first kappa shape index (κ1) is 21.9. The fourth-order valence-electron chi connectivity index (χ4n) is 4.33. The van der Waals surface area contributed by atoms with E-state index in [0.717, 1.165) is 13.1 Å². The van der Waals surface area contributed by atoms with E-state index in [9.17, 15) is 4.79 Å². The topological polar surface area (TPSA) is 42.0 Å². The van der Waals surface area contributed by atoms with E-state index in [0.29, 0.717) is 30.2 Å². The van der Waals surface area contributed by atoms with Crippen LogP contribution in [-0.2, 0) is 0 Å². The van der Waals surface area contributed by atoms with E-state index in [-0.39, 0.29) is 11.9 Å². The molecule has 0 radical (unpaired) electrons. The van der Waals surface area contributed by atoms with Crippen LogP contribution in [0.1, 0.15) is 33.1 Å². The highest BCUT2D eigenvalue weighted by Crippen LogP contribution is 2.31. The predicted octanol–water partition coefficient (Wildman–Crippen LogP) is 4.56. The zero-order valence-electron chi connectivity index (χ0n) is 19.0. The Morgan fingerprint density at radius 2 is 1.47 bits per heavy atom. The molecule has 0 saturated carbocycles. The van der Waals surface area contributed by atoms with Gasteiger partial charge in [-0.2, -0.15) is 0 Å². The molecule has 0 bridgehead atoms. The molecule has 5 nitrogen and oxygen atoms in total. The molecular weight excluding hydrogens is 400 g/mol. The first-order chi connectivity index (χ1) is 15.6. The summed E-state index contributed by atoms with van der Waals surface area (Å²) in [6.07, 6.45) is 0. The van der Waals surface area contributed by atoms with Crippen molar-refractivity contribution in [3.05, 3.63) is 95.1 Å². The second kappa shape index (κ2) is 9.88. The van der Waals surface area contributed by atoms with Gasteiger partial charge in [0.1, 0.15) is 11.5 Å². The summed E-state index contributed by atoms with van der Waals surface area (Å²) >= 11 is 0. The van der Waals surface area contributed by atoms with Crippen molar-refractivity contribution < 1.29 is 14.3 Å². The number of amides is 1. The Bertz CT molecular complexity index is 1040. The average Bonchev–Trinajstić information content (AvgIpc) is 2.85. The maximum Gasteiger partial charge on any atom is 0.257 e. The van der Waals surface area contributed by atoms with Gasteiger partial charge in [-0.3, -0.25) is 9.69 Å². The molecule has 166 valence electrons. The van der Waals surface area contributed by atoms with Crippen molar-refractivity contribution >= 4 is 5.91 Å². The molecule has 3 aromatic carbocycles. The Kier molecular flexibility index (Phi) is 6.76. The zero-order chi connectivity index (χ0) is 22.5. The van der Waals surface area contributed by atoms with Gasteiger partial charge in [0.2, 0.25) is 0 Å². The molecule has 5 heteroatoms. The van der Waals surface area contributed by atoms with Gasteiger partial charge in [0.15, 0.2) is 0 Å². The lowest BCUT2D eigenvalue weighted by molar-refractivity contribution is 0.0594. The largest absolute Gasteiger partial charge is 0.497 e. The summed E-state index contributed by atoms with van der Waals surface area (Å²) in [5.41, 5.74) is 4.37. The molecule has 1 fully saturated rings. The Morgan fingerprint density at radius 1 is 0.812 bits per heavy atom. The fraction of sp³-hybridized carbons (Fsp3) is 0.296. The van der Waals surface area contributed by atoms with Crippen molar-refractivity contribution in [3.8, 4) is 11.5 Å².